The molecule has 0 saturated carbocycles. The summed E-state index contributed by atoms with van der Waals surface area (Å²) in [5.41, 5.74) is 8.09. The van der Waals surface area contributed by atoms with E-state index in [0.29, 0.717) is 0 Å². The van der Waals surface area contributed by atoms with Crippen LogP contribution in [0.1, 0.15) is 5.56 Å². The van der Waals surface area contributed by atoms with Crippen LogP contribution in [0.4, 0.5) is 0 Å². The van der Waals surface area contributed by atoms with Crippen molar-refractivity contribution in [1.82, 2.24) is 9.13 Å². The molecule has 5 heteroatoms. The molecule has 0 bridgehead atoms. The Morgan fingerprint density at radius 1 is 0.500 bits per heavy atom. The molecule has 36 heavy (non-hydrogen) atoms. The topological polar surface area (TPSA) is 33.1 Å². The van der Waals surface area contributed by atoms with Crippen LogP contribution in [0.5, 0.6) is 0 Å². The molecule has 0 aliphatic carbocycles. The van der Waals surface area contributed by atoms with Crippen LogP contribution in [-0.4, -0.2) is 15.0 Å². The predicted molar refractivity (Wildman–Crippen MR) is 141 cm³/mol. The first-order chi connectivity index (χ1) is 17.9. The molecule has 8 rings (SSSR count). The average molecular weight is 577 g/mol. The molecule has 4 nitrogen and oxygen atoms in total. The van der Waals surface area contributed by atoms with Gasteiger partial charge in [0.15, 0.2) is 0 Å². The SMILES string of the molecule is c1ccc2c(c1)c1ccccc1n2-c1cc(C2=[NH+][I-]O2)cc(-n2c3ccccc3c3ccccc32)c1. The van der Waals surface area contributed by atoms with Gasteiger partial charge >= 0.3 is 219 Å². The normalized spacial score (nSPS) is 13.5. The van der Waals surface area contributed by atoms with Crippen LogP contribution in [0.3, 0.4) is 0 Å². The molecule has 172 valence electrons. The van der Waals surface area contributed by atoms with Gasteiger partial charge in [-0.05, 0) is 0 Å². The van der Waals surface area contributed by atoms with E-state index in [4.69, 9.17) is 3.07 Å². The summed E-state index contributed by atoms with van der Waals surface area (Å²) in [6, 6.07) is 41.4. The molecule has 3 heterocycles. The Kier molecular flexibility index (Phi) is 4.30. The van der Waals surface area contributed by atoms with E-state index in [2.05, 4.69) is 128 Å². The van der Waals surface area contributed by atoms with E-state index < -0.39 is 21.9 Å². The fourth-order valence-electron chi connectivity index (χ4n) is 5.56. The van der Waals surface area contributed by atoms with Gasteiger partial charge in [0, 0.05) is 0 Å². The van der Waals surface area contributed by atoms with Gasteiger partial charge in [-0.25, -0.2) is 0 Å². The van der Waals surface area contributed by atoms with Gasteiger partial charge in [-0.2, -0.15) is 0 Å². The monoisotopic (exact) mass is 577 g/mol. The summed E-state index contributed by atoms with van der Waals surface area (Å²) in [7, 11) is 0. The summed E-state index contributed by atoms with van der Waals surface area (Å²) in [6.07, 6.45) is 0. The fraction of sp³-hybridized carbons (Fsp3) is 0. The minimum absolute atomic E-state index is 0.402. The van der Waals surface area contributed by atoms with Crippen molar-refractivity contribution >= 4 is 49.5 Å². The van der Waals surface area contributed by atoms with Crippen molar-refractivity contribution in [1.29, 1.82) is 0 Å². The van der Waals surface area contributed by atoms with E-state index in [0.717, 1.165) is 22.8 Å². The van der Waals surface area contributed by atoms with Gasteiger partial charge in [0.05, 0.1) is 0 Å². The second-order valence-electron chi connectivity index (χ2n) is 9.06. The van der Waals surface area contributed by atoms with Gasteiger partial charge in [0.25, 0.3) is 0 Å². The molecular formula is C31H20IN3O. The third-order valence-electron chi connectivity index (χ3n) is 7.08. The molecule has 0 unspecified atom stereocenters. The molecule has 5 aromatic carbocycles. The Morgan fingerprint density at radius 3 is 1.19 bits per heavy atom. The van der Waals surface area contributed by atoms with Crippen molar-refractivity contribution in [2.45, 2.75) is 0 Å². The zero-order chi connectivity index (χ0) is 23.6. The molecule has 7 aromatic rings. The van der Waals surface area contributed by atoms with E-state index in [-0.39, 0.29) is 0 Å². The van der Waals surface area contributed by atoms with Crippen molar-refractivity contribution in [3.8, 4) is 11.4 Å². The number of hydrogen-bond donors (Lipinski definition) is 1. The standard InChI is InChI=1S/C31H20IN3O/c1-5-13-27-23(9-1)24-10-2-6-14-28(24)34(27)21-17-20(31-33-32-36-31)18-22(19-21)35-29-15-7-3-11-25(29)26-12-4-8-16-30(26)35/h1-19,33H. The first-order valence-corrected chi connectivity index (χ1v) is 13.9. The second kappa shape index (κ2) is 7.70. The zero-order valence-electron chi connectivity index (χ0n) is 19.2. The van der Waals surface area contributed by atoms with Gasteiger partial charge in [-0.1, -0.05) is 0 Å². The first kappa shape index (κ1) is 20.1. The van der Waals surface area contributed by atoms with Crippen LogP contribution in [0.2, 0.25) is 0 Å². The maximum absolute atomic E-state index is 5.91. The molecular weight excluding hydrogens is 557 g/mol. The molecule has 0 amide bonds. The van der Waals surface area contributed by atoms with Crippen LogP contribution >= 0.6 is 0 Å². The molecule has 0 radical (unpaired) electrons. The zero-order valence-corrected chi connectivity index (χ0v) is 21.3. The summed E-state index contributed by atoms with van der Waals surface area (Å²) in [4.78, 5) is 0. The number of halogens is 1. The van der Waals surface area contributed by atoms with Crippen molar-refractivity contribution in [2.24, 2.45) is 0 Å². The molecule has 0 saturated heterocycles. The Bertz CT molecular complexity index is 1780. The second-order valence-corrected chi connectivity index (χ2v) is 10.5. The van der Waals surface area contributed by atoms with Crippen LogP contribution in [0, 0.1) is 0 Å². The summed E-state index contributed by atoms with van der Waals surface area (Å²) in [6.45, 7) is 0. The molecule has 1 N–H and O–H groups in total. The summed E-state index contributed by atoms with van der Waals surface area (Å²) >= 11 is -0.402. The summed E-state index contributed by atoms with van der Waals surface area (Å²) in [5, 5.41) is 5.03. The van der Waals surface area contributed by atoms with E-state index in [1.165, 1.54) is 43.6 Å². The van der Waals surface area contributed by atoms with Crippen LogP contribution in [0.15, 0.2) is 115 Å². The Hall–Kier alpha value is -4.10. The number of fused-ring (bicyclic) bond motifs is 6. The van der Waals surface area contributed by atoms with E-state index in [1.54, 1.807) is 0 Å². The third kappa shape index (κ3) is 2.83. The summed E-state index contributed by atoms with van der Waals surface area (Å²) < 4.78 is 14.1. The quantitative estimate of drug-likeness (QED) is 0.255. The van der Waals surface area contributed by atoms with E-state index in [1.807, 2.05) is 0 Å². The Balaban J connectivity index is 1.50. The van der Waals surface area contributed by atoms with Crippen molar-refractivity contribution in [2.75, 3.05) is 0 Å². The van der Waals surface area contributed by atoms with Gasteiger partial charge in [0.1, 0.15) is 0 Å². The molecule has 2 aromatic heterocycles. The number of hydrogen-bond acceptors (Lipinski definition) is 1. The third-order valence-corrected chi connectivity index (χ3v) is 8.45. The van der Waals surface area contributed by atoms with Gasteiger partial charge in [0.2, 0.25) is 0 Å². The van der Waals surface area contributed by atoms with Gasteiger partial charge in [-0.3, -0.25) is 0 Å². The van der Waals surface area contributed by atoms with Crippen LogP contribution < -0.4 is 25.1 Å². The van der Waals surface area contributed by atoms with Crippen molar-refractivity contribution < 1.29 is 28.2 Å². The first-order valence-electron chi connectivity index (χ1n) is 11.9. The van der Waals surface area contributed by atoms with Crippen LogP contribution in [0.25, 0.3) is 55.0 Å². The number of aromatic nitrogens is 2. The van der Waals surface area contributed by atoms with Gasteiger partial charge < -0.3 is 0 Å². The van der Waals surface area contributed by atoms with Crippen LogP contribution in [-0.2, 0) is 3.07 Å². The summed E-state index contributed by atoms with van der Waals surface area (Å²) in [5.74, 6) is 0.868. The van der Waals surface area contributed by atoms with E-state index >= 15 is 0 Å². The average Bonchev–Trinajstić information content (AvgIpc) is 3.41. The Labute approximate surface area is 218 Å². The molecule has 0 spiro atoms. The predicted octanol–water partition coefficient (Wildman–Crippen LogP) is 2.66. The molecule has 0 fully saturated rings. The molecule has 0 atom stereocenters. The van der Waals surface area contributed by atoms with Crippen molar-refractivity contribution in [3.05, 3.63) is 121 Å². The maximum atomic E-state index is 5.91. The minimum atomic E-state index is -0.402. The fourth-order valence-corrected chi connectivity index (χ4v) is 6.57. The number of nitrogens with one attached hydrogen (secondary N) is 1. The number of nitrogens with zero attached hydrogens (tertiary/aromatic N) is 2. The van der Waals surface area contributed by atoms with Gasteiger partial charge in [-0.15, -0.1) is 0 Å². The Morgan fingerprint density at radius 2 is 0.861 bits per heavy atom. The van der Waals surface area contributed by atoms with Crippen molar-refractivity contribution in [3.63, 3.8) is 0 Å². The number of benzene rings is 5. The molecule has 1 aliphatic heterocycles. The number of para-hydroxylation sites is 4. The number of rotatable bonds is 3. The molecule has 1 aliphatic rings. The van der Waals surface area contributed by atoms with E-state index in [9.17, 15) is 0 Å².